The van der Waals surface area contributed by atoms with Gasteiger partial charge in [0.15, 0.2) is 0 Å². The molecule has 0 bridgehead atoms. The van der Waals surface area contributed by atoms with E-state index in [1.807, 2.05) is 0 Å². The molecule has 6 nitrogen and oxygen atoms in total. The molecule has 3 N–H and O–H groups in total. The van der Waals surface area contributed by atoms with Gasteiger partial charge in [-0.05, 0) is 6.42 Å². The minimum Gasteiger partial charge on any atom is -0.481 e. The summed E-state index contributed by atoms with van der Waals surface area (Å²) in [7, 11) is 0. The van der Waals surface area contributed by atoms with Gasteiger partial charge in [-0.1, -0.05) is 0 Å². The van der Waals surface area contributed by atoms with Gasteiger partial charge in [0.2, 0.25) is 0 Å². The summed E-state index contributed by atoms with van der Waals surface area (Å²) in [6, 6.07) is 0. The summed E-state index contributed by atoms with van der Waals surface area (Å²) in [5, 5.41) is 26.6. The van der Waals surface area contributed by atoms with Crippen LogP contribution in [0, 0.1) is 5.92 Å². The van der Waals surface area contributed by atoms with Crippen molar-refractivity contribution < 1.29 is 24.9 Å². The van der Waals surface area contributed by atoms with E-state index >= 15 is 0 Å². The molecule has 0 saturated carbocycles. The Bertz CT molecular complexity index is 255. The van der Waals surface area contributed by atoms with Crippen molar-refractivity contribution >= 4 is 11.9 Å². The lowest BCUT2D eigenvalue weighted by atomic mass is 10.1. The van der Waals surface area contributed by atoms with Gasteiger partial charge >= 0.3 is 11.9 Å². The van der Waals surface area contributed by atoms with Crippen molar-refractivity contribution in [2.45, 2.75) is 25.5 Å². The molecule has 0 aromatic heterocycles. The Morgan fingerprint density at radius 1 is 1.33 bits per heavy atom. The summed E-state index contributed by atoms with van der Waals surface area (Å²) in [6.07, 6.45) is -0.0536. The van der Waals surface area contributed by atoms with E-state index < -0.39 is 24.1 Å². The highest BCUT2D eigenvalue weighted by molar-refractivity contribution is 5.70. The standard InChI is InChI=1S/C9H15NO5/c11-7-4-6(9(14)15)5-10(7)3-1-2-8(12)13/h6-7,11H,1-5H2,(H,12,13)(H,14,15). The maximum absolute atomic E-state index is 10.6. The third-order valence-corrected chi connectivity index (χ3v) is 2.56. The first-order valence-corrected chi connectivity index (χ1v) is 4.87. The number of likely N-dealkylation sites (tertiary alicyclic amines) is 1. The van der Waals surface area contributed by atoms with Crippen LogP contribution in [0.1, 0.15) is 19.3 Å². The van der Waals surface area contributed by atoms with Crippen LogP contribution in [0.25, 0.3) is 0 Å². The van der Waals surface area contributed by atoms with Gasteiger partial charge in [-0.3, -0.25) is 14.5 Å². The number of aliphatic carboxylic acids is 2. The first-order chi connectivity index (χ1) is 7.00. The molecule has 2 unspecified atom stereocenters. The summed E-state index contributed by atoms with van der Waals surface area (Å²) in [5.41, 5.74) is 0. The van der Waals surface area contributed by atoms with Gasteiger partial charge in [0.1, 0.15) is 6.23 Å². The molecule has 1 fully saturated rings. The molecule has 15 heavy (non-hydrogen) atoms. The van der Waals surface area contributed by atoms with Gasteiger partial charge in [0.05, 0.1) is 5.92 Å². The van der Waals surface area contributed by atoms with E-state index in [1.165, 1.54) is 0 Å². The molecule has 6 heteroatoms. The highest BCUT2D eigenvalue weighted by atomic mass is 16.4. The van der Waals surface area contributed by atoms with E-state index in [2.05, 4.69) is 0 Å². The van der Waals surface area contributed by atoms with Crippen LogP contribution in [0.15, 0.2) is 0 Å². The molecule has 1 heterocycles. The number of aliphatic hydroxyl groups excluding tert-OH is 1. The van der Waals surface area contributed by atoms with Crippen molar-refractivity contribution in [3.8, 4) is 0 Å². The number of carbonyl (C=O) groups is 2. The Morgan fingerprint density at radius 2 is 2.00 bits per heavy atom. The van der Waals surface area contributed by atoms with Crippen molar-refractivity contribution in [2.24, 2.45) is 5.92 Å². The predicted octanol–water partition coefficient (Wildman–Crippen LogP) is -0.424. The molecule has 1 aliphatic rings. The fourth-order valence-electron chi connectivity index (χ4n) is 1.74. The van der Waals surface area contributed by atoms with E-state index in [-0.39, 0.29) is 12.8 Å². The first kappa shape index (κ1) is 11.9. The minimum absolute atomic E-state index is 0.0426. The molecular weight excluding hydrogens is 202 g/mol. The SMILES string of the molecule is O=C(O)CCCN1CC(C(=O)O)CC1O. The summed E-state index contributed by atoms with van der Waals surface area (Å²) < 4.78 is 0. The summed E-state index contributed by atoms with van der Waals surface area (Å²) in [6.45, 7) is 0.730. The van der Waals surface area contributed by atoms with E-state index in [0.717, 1.165) is 0 Å². The molecule has 1 aliphatic heterocycles. The van der Waals surface area contributed by atoms with Gasteiger partial charge < -0.3 is 15.3 Å². The van der Waals surface area contributed by atoms with Gasteiger partial charge in [-0.2, -0.15) is 0 Å². The predicted molar refractivity (Wildman–Crippen MR) is 50.2 cm³/mol. The average molecular weight is 217 g/mol. The van der Waals surface area contributed by atoms with Crippen molar-refractivity contribution in [1.29, 1.82) is 0 Å². The van der Waals surface area contributed by atoms with Crippen molar-refractivity contribution in [2.75, 3.05) is 13.1 Å². The summed E-state index contributed by atoms with van der Waals surface area (Å²) in [4.78, 5) is 22.5. The molecule has 0 aliphatic carbocycles. The molecule has 0 spiro atoms. The monoisotopic (exact) mass is 217 g/mol. The largest absolute Gasteiger partial charge is 0.481 e. The zero-order chi connectivity index (χ0) is 11.4. The highest BCUT2D eigenvalue weighted by Gasteiger charge is 2.34. The Hall–Kier alpha value is -1.14. The highest BCUT2D eigenvalue weighted by Crippen LogP contribution is 2.21. The van der Waals surface area contributed by atoms with Gasteiger partial charge in [0, 0.05) is 25.9 Å². The molecule has 2 atom stereocenters. The van der Waals surface area contributed by atoms with Crippen LogP contribution in [-0.4, -0.2) is 51.5 Å². The zero-order valence-corrected chi connectivity index (χ0v) is 8.30. The van der Waals surface area contributed by atoms with Crippen molar-refractivity contribution in [3.05, 3.63) is 0 Å². The normalized spacial score (nSPS) is 26.7. The quantitative estimate of drug-likeness (QED) is 0.578. The van der Waals surface area contributed by atoms with Crippen LogP contribution >= 0.6 is 0 Å². The van der Waals surface area contributed by atoms with E-state index in [4.69, 9.17) is 10.2 Å². The molecule has 1 saturated heterocycles. The lowest BCUT2D eigenvalue weighted by Crippen LogP contribution is -2.30. The van der Waals surface area contributed by atoms with Crippen LogP contribution in [0.5, 0.6) is 0 Å². The number of hydrogen-bond donors (Lipinski definition) is 3. The van der Waals surface area contributed by atoms with Crippen LogP contribution in [0.3, 0.4) is 0 Å². The maximum atomic E-state index is 10.6. The number of rotatable bonds is 5. The Kier molecular flexibility index (Phi) is 4.05. The van der Waals surface area contributed by atoms with Gasteiger partial charge in [0.25, 0.3) is 0 Å². The second-order valence-electron chi connectivity index (χ2n) is 3.74. The topological polar surface area (TPSA) is 98.1 Å². The number of hydrogen-bond acceptors (Lipinski definition) is 4. The Balaban J connectivity index is 2.31. The third-order valence-electron chi connectivity index (χ3n) is 2.56. The zero-order valence-electron chi connectivity index (χ0n) is 8.30. The summed E-state index contributed by atoms with van der Waals surface area (Å²) >= 11 is 0. The first-order valence-electron chi connectivity index (χ1n) is 4.87. The maximum Gasteiger partial charge on any atom is 0.307 e. The number of carboxylic acid groups (broad SMARTS) is 2. The molecule has 0 aromatic rings. The minimum atomic E-state index is -0.908. The number of nitrogens with zero attached hydrogens (tertiary/aromatic N) is 1. The molecule has 0 amide bonds. The van der Waals surface area contributed by atoms with E-state index in [1.54, 1.807) is 4.90 Å². The molecule has 1 rings (SSSR count). The van der Waals surface area contributed by atoms with Crippen LogP contribution in [0.4, 0.5) is 0 Å². The smallest absolute Gasteiger partial charge is 0.307 e. The Labute approximate surface area is 87.1 Å². The number of aliphatic hydroxyl groups is 1. The van der Waals surface area contributed by atoms with Crippen LogP contribution in [0.2, 0.25) is 0 Å². The molecular formula is C9H15NO5. The fraction of sp³-hybridized carbons (Fsp3) is 0.778. The molecule has 0 radical (unpaired) electrons. The second kappa shape index (κ2) is 5.09. The van der Waals surface area contributed by atoms with Crippen LogP contribution in [-0.2, 0) is 9.59 Å². The third kappa shape index (κ3) is 3.49. The lowest BCUT2D eigenvalue weighted by Gasteiger charge is -2.18. The molecule has 0 aromatic carbocycles. The number of carboxylic acids is 2. The fourth-order valence-corrected chi connectivity index (χ4v) is 1.74. The van der Waals surface area contributed by atoms with Crippen LogP contribution < -0.4 is 0 Å². The average Bonchev–Trinajstić information content (AvgIpc) is 2.47. The second-order valence-corrected chi connectivity index (χ2v) is 3.74. The van der Waals surface area contributed by atoms with E-state index in [0.29, 0.717) is 19.5 Å². The lowest BCUT2D eigenvalue weighted by molar-refractivity contribution is -0.141. The Morgan fingerprint density at radius 3 is 2.47 bits per heavy atom. The van der Waals surface area contributed by atoms with Crippen molar-refractivity contribution in [3.63, 3.8) is 0 Å². The van der Waals surface area contributed by atoms with E-state index in [9.17, 15) is 14.7 Å². The van der Waals surface area contributed by atoms with Gasteiger partial charge in [-0.25, -0.2) is 0 Å². The summed E-state index contributed by atoms with van der Waals surface area (Å²) in [5.74, 6) is -2.32. The molecule has 86 valence electrons. The van der Waals surface area contributed by atoms with Gasteiger partial charge in [-0.15, -0.1) is 0 Å². The van der Waals surface area contributed by atoms with Crippen molar-refractivity contribution in [1.82, 2.24) is 4.90 Å².